The molecule has 0 aliphatic heterocycles. The molecule has 4 nitrogen and oxygen atoms in total. The van der Waals surface area contributed by atoms with Crippen molar-refractivity contribution in [3.63, 3.8) is 0 Å². The van der Waals surface area contributed by atoms with Crippen molar-refractivity contribution in [1.29, 1.82) is 0 Å². The molecule has 2 aromatic carbocycles. The van der Waals surface area contributed by atoms with E-state index in [9.17, 15) is 10.2 Å². The molecule has 0 spiro atoms. The predicted octanol–water partition coefficient (Wildman–Crippen LogP) is 3.38. The minimum Gasteiger partial charge on any atom is -0.508 e. The number of phenols is 2. The van der Waals surface area contributed by atoms with Crippen LogP contribution in [0, 0.1) is 0 Å². The molecular weight excluding hydrogens is 216 g/mol. The number of rotatable bonds is 3. The standard InChI is InChI=1S/C13H12N2O2/c16-12-6-7-13(17)10(8-12)9-14-15-11-4-2-1-3-5-11/h1-8,16-17H,9H2. The quantitative estimate of drug-likeness (QED) is 0.624. The maximum atomic E-state index is 9.52. The molecule has 2 rings (SSSR count). The molecule has 0 aromatic heterocycles. The van der Waals surface area contributed by atoms with Crippen LogP contribution >= 0.6 is 0 Å². The van der Waals surface area contributed by atoms with Crippen LogP contribution in [0.5, 0.6) is 11.5 Å². The molecule has 2 N–H and O–H groups in total. The van der Waals surface area contributed by atoms with Crippen LogP contribution < -0.4 is 0 Å². The SMILES string of the molecule is Oc1ccc(O)c(CN=Nc2ccccc2)c1. The summed E-state index contributed by atoms with van der Waals surface area (Å²) in [5.74, 6) is 0.211. The zero-order chi connectivity index (χ0) is 12.1. The first kappa shape index (κ1) is 11.1. The van der Waals surface area contributed by atoms with E-state index in [2.05, 4.69) is 10.2 Å². The third-order valence-electron chi connectivity index (χ3n) is 2.25. The first-order valence-corrected chi connectivity index (χ1v) is 5.19. The third kappa shape index (κ3) is 3.04. The number of nitrogens with zero attached hydrogens (tertiary/aromatic N) is 2. The van der Waals surface area contributed by atoms with Gasteiger partial charge in [0, 0.05) is 5.56 Å². The second-order valence-electron chi connectivity index (χ2n) is 3.55. The molecule has 2 aromatic rings. The van der Waals surface area contributed by atoms with Crippen LogP contribution in [0.1, 0.15) is 5.56 Å². The monoisotopic (exact) mass is 228 g/mol. The Balaban J connectivity index is 2.07. The number of aromatic hydroxyl groups is 2. The van der Waals surface area contributed by atoms with Gasteiger partial charge in [-0.05, 0) is 30.3 Å². The molecule has 0 amide bonds. The van der Waals surface area contributed by atoms with Crippen LogP contribution in [0.2, 0.25) is 0 Å². The maximum absolute atomic E-state index is 9.52. The fourth-order valence-electron chi connectivity index (χ4n) is 1.39. The molecule has 17 heavy (non-hydrogen) atoms. The second-order valence-corrected chi connectivity index (χ2v) is 3.55. The van der Waals surface area contributed by atoms with Gasteiger partial charge in [-0.2, -0.15) is 10.2 Å². The van der Waals surface area contributed by atoms with E-state index < -0.39 is 0 Å². The van der Waals surface area contributed by atoms with Gasteiger partial charge in [-0.3, -0.25) is 0 Å². The summed E-state index contributed by atoms with van der Waals surface area (Å²) in [7, 11) is 0. The lowest BCUT2D eigenvalue weighted by Crippen LogP contribution is -1.81. The molecule has 0 unspecified atom stereocenters. The van der Waals surface area contributed by atoms with E-state index in [4.69, 9.17) is 0 Å². The van der Waals surface area contributed by atoms with Crippen molar-refractivity contribution < 1.29 is 10.2 Å². The van der Waals surface area contributed by atoms with Gasteiger partial charge in [0.1, 0.15) is 11.5 Å². The molecule has 86 valence electrons. The highest BCUT2D eigenvalue weighted by atomic mass is 16.3. The van der Waals surface area contributed by atoms with Crippen LogP contribution in [0.15, 0.2) is 58.8 Å². The van der Waals surface area contributed by atoms with Crippen molar-refractivity contribution in [3.05, 3.63) is 54.1 Å². The van der Waals surface area contributed by atoms with Crippen molar-refractivity contribution in [2.45, 2.75) is 6.54 Å². The Bertz CT molecular complexity index is 524. The van der Waals surface area contributed by atoms with Gasteiger partial charge >= 0.3 is 0 Å². The Morgan fingerprint density at radius 2 is 1.71 bits per heavy atom. The number of hydrogen-bond acceptors (Lipinski definition) is 4. The van der Waals surface area contributed by atoms with Gasteiger partial charge in [0.05, 0.1) is 12.2 Å². The molecule has 0 fully saturated rings. The lowest BCUT2D eigenvalue weighted by atomic mass is 10.2. The van der Waals surface area contributed by atoms with Gasteiger partial charge in [-0.1, -0.05) is 18.2 Å². The summed E-state index contributed by atoms with van der Waals surface area (Å²) >= 11 is 0. The van der Waals surface area contributed by atoms with Crippen molar-refractivity contribution in [2.75, 3.05) is 0 Å². The summed E-state index contributed by atoms with van der Waals surface area (Å²) in [4.78, 5) is 0. The second kappa shape index (κ2) is 5.12. The molecule has 0 aliphatic rings. The summed E-state index contributed by atoms with van der Waals surface area (Å²) in [6.07, 6.45) is 0. The van der Waals surface area contributed by atoms with Gasteiger partial charge in [0.25, 0.3) is 0 Å². The summed E-state index contributed by atoms with van der Waals surface area (Å²) < 4.78 is 0. The van der Waals surface area contributed by atoms with Gasteiger partial charge in [0.15, 0.2) is 0 Å². The van der Waals surface area contributed by atoms with Gasteiger partial charge in [0.2, 0.25) is 0 Å². The number of phenolic OH excluding ortho intramolecular Hbond substituents is 2. The van der Waals surface area contributed by atoms with Gasteiger partial charge in [-0.25, -0.2) is 0 Å². The number of benzene rings is 2. The van der Waals surface area contributed by atoms with Crippen LogP contribution in [0.25, 0.3) is 0 Å². The molecule has 0 atom stereocenters. The predicted molar refractivity (Wildman–Crippen MR) is 64.4 cm³/mol. The van der Waals surface area contributed by atoms with Crippen molar-refractivity contribution >= 4 is 5.69 Å². The van der Waals surface area contributed by atoms with Crippen molar-refractivity contribution in [2.24, 2.45) is 10.2 Å². The van der Waals surface area contributed by atoms with E-state index in [0.29, 0.717) is 5.56 Å². The van der Waals surface area contributed by atoms with E-state index in [0.717, 1.165) is 5.69 Å². The summed E-state index contributed by atoms with van der Waals surface area (Å²) in [5, 5.41) is 26.8. The van der Waals surface area contributed by atoms with Crippen molar-refractivity contribution in [3.8, 4) is 11.5 Å². The average molecular weight is 228 g/mol. The van der Waals surface area contributed by atoms with E-state index in [1.807, 2.05) is 30.3 Å². The average Bonchev–Trinajstić information content (AvgIpc) is 2.35. The number of hydrogen-bond donors (Lipinski definition) is 2. The molecule has 4 heteroatoms. The maximum Gasteiger partial charge on any atom is 0.120 e. The fourth-order valence-corrected chi connectivity index (χ4v) is 1.39. The molecule has 0 bridgehead atoms. The molecule has 0 saturated heterocycles. The lowest BCUT2D eigenvalue weighted by molar-refractivity contribution is 0.454. The lowest BCUT2D eigenvalue weighted by Gasteiger charge is -2.00. The molecular formula is C13H12N2O2. The van der Waals surface area contributed by atoms with Crippen molar-refractivity contribution in [1.82, 2.24) is 0 Å². The largest absolute Gasteiger partial charge is 0.508 e. The zero-order valence-corrected chi connectivity index (χ0v) is 9.11. The smallest absolute Gasteiger partial charge is 0.120 e. The van der Waals surface area contributed by atoms with E-state index >= 15 is 0 Å². The highest BCUT2D eigenvalue weighted by Gasteiger charge is 2.01. The minimum absolute atomic E-state index is 0.104. The Morgan fingerprint density at radius 3 is 2.47 bits per heavy atom. The molecule has 0 radical (unpaired) electrons. The van der Waals surface area contributed by atoms with E-state index in [-0.39, 0.29) is 18.0 Å². The highest BCUT2D eigenvalue weighted by molar-refractivity contribution is 5.39. The first-order valence-electron chi connectivity index (χ1n) is 5.19. The normalized spacial score (nSPS) is 10.8. The fraction of sp³-hybridized carbons (Fsp3) is 0.0769. The molecule has 0 heterocycles. The Morgan fingerprint density at radius 1 is 0.941 bits per heavy atom. The van der Waals surface area contributed by atoms with E-state index in [1.54, 1.807) is 0 Å². The number of azo groups is 1. The summed E-state index contributed by atoms with van der Waals surface area (Å²) in [5.41, 5.74) is 1.30. The topological polar surface area (TPSA) is 65.2 Å². The summed E-state index contributed by atoms with van der Waals surface area (Å²) in [6.45, 7) is 0.231. The zero-order valence-electron chi connectivity index (χ0n) is 9.11. The Hall–Kier alpha value is -2.36. The summed E-state index contributed by atoms with van der Waals surface area (Å²) in [6, 6.07) is 13.7. The third-order valence-corrected chi connectivity index (χ3v) is 2.25. The van der Waals surface area contributed by atoms with E-state index in [1.165, 1.54) is 18.2 Å². The molecule has 0 saturated carbocycles. The van der Waals surface area contributed by atoms with Crippen LogP contribution in [-0.2, 0) is 6.54 Å². The van der Waals surface area contributed by atoms with Gasteiger partial charge < -0.3 is 10.2 Å². The Kier molecular flexibility index (Phi) is 3.35. The first-order chi connectivity index (χ1) is 8.25. The molecule has 0 aliphatic carbocycles. The van der Waals surface area contributed by atoms with Crippen LogP contribution in [-0.4, -0.2) is 10.2 Å². The minimum atomic E-state index is 0.104. The Labute approximate surface area is 98.9 Å². The van der Waals surface area contributed by atoms with Gasteiger partial charge in [-0.15, -0.1) is 0 Å². The van der Waals surface area contributed by atoms with Crippen LogP contribution in [0.3, 0.4) is 0 Å². The van der Waals surface area contributed by atoms with Crippen LogP contribution in [0.4, 0.5) is 5.69 Å². The highest BCUT2D eigenvalue weighted by Crippen LogP contribution is 2.23.